The lowest BCUT2D eigenvalue weighted by molar-refractivity contribution is 0.0522. The van der Waals surface area contributed by atoms with Gasteiger partial charge in [-0.25, -0.2) is 4.79 Å². The van der Waals surface area contributed by atoms with Crippen LogP contribution in [0.2, 0.25) is 0 Å². The summed E-state index contributed by atoms with van der Waals surface area (Å²) in [6.07, 6.45) is 4.78. The summed E-state index contributed by atoms with van der Waals surface area (Å²) < 4.78 is 6.80. The summed E-state index contributed by atoms with van der Waals surface area (Å²) in [6, 6.07) is 14.4. The van der Waals surface area contributed by atoms with Crippen molar-refractivity contribution in [1.29, 1.82) is 0 Å². The Hall–Kier alpha value is -2.86. The number of rotatable bonds is 4. The molecule has 0 spiro atoms. The van der Waals surface area contributed by atoms with Crippen molar-refractivity contribution in [2.75, 3.05) is 18.8 Å². The molecule has 0 saturated carbocycles. The molecule has 2 N–H and O–H groups in total. The molecule has 4 rings (SSSR count). The SMILES string of the molecule is CC(C)(C)OC(=O)n1ncc2cc(CC3CCCN(Cc4cccc(N)c4)C3)ccc21. The van der Waals surface area contributed by atoms with Gasteiger partial charge in [-0.05, 0) is 87.9 Å². The van der Waals surface area contributed by atoms with Crippen LogP contribution in [0, 0.1) is 5.92 Å². The van der Waals surface area contributed by atoms with Gasteiger partial charge in [-0.15, -0.1) is 0 Å². The Morgan fingerprint density at radius 2 is 2.03 bits per heavy atom. The van der Waals surface area contributed by atoms with Crippen LogP contribution in [0.5, 0.6) is 0 Å². The number of carbonyl (C=O) groups excluding carboxylic acids is 1. The maximum absolute atomic E-state index is 12.4. The van der Waals surface area contributed by atoms with Crippen LogP contribution in [0.3, 0.4) is 0 Å². The first-order valence-corrected chi connectivity index (χ1v) is 11.0. The third-order valence-electron chi connectivity index (χ3n) is 5.68. The monoisotopic (exact) mass is 420 g/mol. The third kappa shape index (κ3) is 5.44. The van der Waals surface area contributed by atoms with Crippen LogP contribution in [-0.2, 0) is 17.7 Å². The van der Waals surface area contributed by atoms with Gasteiger partial charge in [0.15, 0.2) is 0 Å². The van der Waals surface area contributed by atoms with Gasteiger partial charge in [-0.3, -0.25) is 4.90 Å². The van der Waals surface area contributed by atoms with Gasteiger partial charge in [0.1, 0.15) is 5.60 Å². The van der Waals surface area contributed by atoms with Crippen molar-refractivity contribution < 1.29 is 9.53 Å². The number of likely N-dealkylation sites (tertiary alicyclic amines) is 1. The molecule has 31 heavy (non-hydrogen) atoms. The number of benzene rings is 2. The molecule has 1 aromatic heterocycles. The summed E-state index contributed by atoms with van der Waals surface area (Å²) in [6.45, 7) is 8.74. The zero-order valence-corrected chi connectivity index (χ0v) is 18.7. The first kappa shape index (κ1) is 21.4. The molecule has 1 saturated heterocycles. The number of hydrogen-bond donors (Lipinski definition) is 1. The van der Waals surface area contributed by atoms with Crippen molar-refractivity contribution >= 4 is 22.7 Å². The molecule has 1 fully saturated rings. The first-order valence-electron chi connectivity index (χ1n) is 11.0. The van der Waals surface area contributed by atoms with Crippen LogP contribution in [0.15, 0.2) is 48.7 Å². The molecule has 3 aromatic rings. The average Bonchev–Trinajstić information content (AvgIpc) is 3.10. The van der Waals surface area contributed by atoms with E-state index in [9.17, 15) is 4.79 Å². The second-order valence-electron chi connectivity index (χ2n) is 9.62. The first-order chi connectivity index (χ1) is 14.8. The normalized spacial score (nSPS) is 17.7. The maximum atomic E-state index is 12.4. The fourth-order valence-corrected chi connectivity index (χ4v) is 4.40. The highest BCUT2D eigenvalue weighted by molar-refractivity contribution is 5.88. The van der Waals surface area contributed by atoms with Crippen LogP contribution in [0.25, 0.3) is 10.9 Å². The van der Waals surface area contributed by atoms with E-state index in [1.165, 1.54) is 28.7 Å². The third-order valence-corrected chi connectivity index (χ3v) is 5.68. The number of nitrogen functional groups attached to an aromatic ring is 1. The van der Waals surface area contributed by atoms with Crippen LogP contribution in [-0.4, -0.2) is 39.5 Å². The molecule has 2 heterocycles. The number of aromatic nitrogens is 2. The van der Waals surface area contributed by atoms with Gasteiger partial charge in [-0.1, -0.05) is 18.2 Å². The van der Waals surface area contributed by atoms with Crippen LogP contribution < -0.4 is 5.73 Å². The van der Waals surface area contributed by atoms with E-state index in [1.807, 2.05) is 39.0 Å². The molecule has 1 atom stereocenters. The minimum atomic E-state index is -0.548. The highest BCUT2D eigenvalue weighted by atomic mass is 16.6. The Labute approximate surface area is 184 Å². The Balaban J connectivity index is 1.42. The lowest BCUT2D eigenvalue weighted by Gasteiger charge is -2.33. The predicted molar refractivity (Wildman–Crippen MR) is 124 cm³/mol. The summed E-state index contributed by atoms with van der Waals surface area (Å²) in [4.78, 5) is 14.9. The molecule has 0 radical (unpaired) electrons. The molecule has 1 unspecified atom stereocenters. The molecule has 0 bridgehead atoms. The number of carbonyl (C=O) groups is 1. The van der Waals surface area contributed by atoms with E-state index in [-0.39, 0.29) is 0 Å². The fraction of sp³-hybridized carbons (Fsp3) is 0.440. The van der Waals surface area contributed by atoms with Crippen LogP contribution >= 0.6 is 0 Å². The summed E-state index contributed by atoms with van der Waals surface area (Å²) in [5.74, 6) is 0.619. The number of nitrogens with zero attached hydrogens (tertiary/aromatic N) is 3. The summed E-state index contributed by atoms with van der Waals surface area (Å²) in [5.41, 5.74) is 9.55. The van der Waals surface area contributed by atoms with E-state index in [0.717, 1.165) is 42.6 Å². The van der Waals surface area contributed by atoms with Gasteiger partial charge < -0.3 is 10.5 Å². The molecule has 1 aliphatic rings. The largest absolute Gasteiger partial charge is 0.442 e. The molecule has 6 nitrogen and oxygen atoms in total. The van der Waals surface area contributed by atoms with E-state index in [4.69, 9.17) is 10.5 Å². The van der Waals surface area contributed by atoms with Crippen molar-refractivity contribution in [3.8, 4) is 0 Å². The van der Waals surface area contributed by atoms with Crippen molar-refractivity contribution in [2.24, 2.45) is 5.92 Å². The molecule has 1 aliphatic heterocycles. The number of hydrogen-bond acceptors (Lipinski definition) is 5. The van der Waals surface area contributed by atoms with Crippen LogP contribution in [0.1, 0.15) is 44.7 Å². The molecule has 0 amide bonds. The zero-order chi connectivity index (χ0) is 22.0. The van der Waals surface area contributed by atoms with Crippen molar-refractivity contribution in [2.45, 2.75) is 52.2 Å². The Morgan fingerprint density at radius 1 is 1.19 bits per heavy atom. The zero-order valence-electron chi connectivity index (χ0n) is 18.7. The van der Waals surface area contributed by atoms with Gasteiger partial charge in [0.25, 0.3) is 0 Å². The van der Waals surface area contributed by atoms with Crippen LogP contribution in [0.4, 0.5) is 10.5 Å². The summed E-state index contributed by atoms with van der Waals surface area (Å²) in [5, 5.41) is 5.23. The second kappa shape index (κ2) is 8.71. The lowest BCUT2D eigenvalue weighted by Crippen LogP contribution is -2.35. The van der Waals surface area contributed by atoms with Crippen molar-refractivity contribution in [3.05, 3.63) is 59.8 Å². The smallest absolute Gasteiger partial charge is 0.435 e. The lowest BCUT2D eigenvalue weighted by atomic mass is 9.90. The van der Waals surface area contributed by atoms with Gasteiger partial charge in [0.05, 0.1) is 11.7 Å². The van der Waals surface area contributed by atoms with E-state index in [2.05, 4.69) is 34.3 Å². The molecule has 6 heteroatoms. The average molecular weight is 421 g/mol. The Bertz CT molecular complexity index is 1070. The minimum absolute atomic E-state index is 0.445. The standard InChI is InChI=1S/C25H32N4O2/c1-25(2,3)31-24(30)29-23-10-9-18(13-21(23)15-27-29)12-19-7-5-11-28(16-19)17-20-6-4-8-22(26)14-20/h4,6,8-10,13-15,19H,5,7,11-12,16-17,26H2,1-3H3. The highest BCUT2D eigenvalue weighted by Crippen LogP contribution is 2.25. The van der Waals surface area contributed by atoms with Gasteiger partial charge in [0, 0.05) is 24.2 Å². The summed E-state index contributed by atoms with van der Waals surface area (Å²) >= 11 is 0. The predicted octanol–water partition coefficient (Wildman–Crippen LogP) is 4.86. The van der Waals surface area contributed by atoms with E-state index >= 15 is 0 Å². The number of fused-ring (bicyclic) bond motifs is 1. The Morgan fingerprint density at radius 3 is 2.81 bits per heavy atom. The van der Waals surface area contributed by atoms with Gasteiger partial charge in [0.2, 0.25) is 0 Å². The van der Waals surface area contributed by atoms with Gasteiger partial charge in [-0.2, -0.15) is 9.78 Å². The summed E-state index contributed by atoms with van der Waals surface area (Å²) in [7, 11) is 0. The van der Waals surface area contributed by atoms with E-state index < -0.39 is 11.7 Å². The number of anilines is 1. The molecule has 164 valence electrons. The molecular weight excluding hydrogens is 388 g/mol. The van der Waals surface area contributed by atoms with Crippen molar-refractivity contribution in [3.63, 3.8) is 0 Å². The number of nitrogens with two attached hydrogens (primary N) is 1. The molecular formula is C25H32N4O2. The maximum Gasteiger partial charge on any atom is 0.435 e. The quantitative estimate of drug-likeness (QED) is 0.611. The van der Waals surface area contributed by atoms with Gasteiger partial charge >= 0.3 is 6.09 Å². The fourth-order valence-electron chi connectivity index (χ4n) is 4.40. The minimum Gasteiger partial charge on any atom is -0.442 e. The topological polar surface area (TPSA) is 73.4 Å². The number of ether oxygens (including phenoxy) is 1. The second-order valence-corrected chi connectivity index (χ2v) is 9.62. The number of piperidine rings is 1. The van der Waals surface area contributed by atoms with E-state index in [0.29, 0.717) is 5.92 Å². The van der Waals surface area contributed by atoms with Crippen molar-refractivity contribution in [1.82, 2.24) is 14.7 Å². The highest BCUT2D eigenvalue weighted by Gasteiger charge is 2.22. The van der Waals surface area contributed by atoms with E-state index in [1.54, 1.807) is 6.20 Å². The molecule has 2 aromatic carbocycles. The Kier molecular flexibility index (Phi) is 6.01. The molecule has 0 aliphatic carbocycles.